The molecule has 2 aromatic rings. The maximum Gasteiger partial charge on any atom is 0.142 e. The van der Waals surface area contributed by atoms with Crippen molar-refractivity contribution in [3.8, 4) is 11.5 Å². The first-order chi connectivity index (χ1) is 9.22. The molecule has 2 rings (SSSR count). The molecule has 0 aliphatic carbocycles. The van der Waals surface area contributed by atoms with Gasteiger partial charge in [0.25, 0.3) is 0 Å². The summed E-state index contributed by atoms with van der Waals surface area (Å²) in [5, 5.41) is 13.6. The molecule has 19 heavy (non-hydrogen) atoms. The van der Waals surface area contributed by atoms with E-state index in [0.29, 0.717) is 23.7 Å². The lowest BCUT2D eigenvalue weighted by Gasteiger charge is -2.13. The summed E-state index contributed by atoms with van der Waals surface area (Å²) in [4.78, 5) is 0. The number of aromatic hydroxyl groups is 1. The Labute approximate surface area is 117 Å². The topological polar surface area (TPSA) is 41.5 Å². The van der Waals surface area contributed by atoms with Gasteiger partial charge in [0.05, 0.1) is 12.3 Å². The molecule has 0 spiro atoms. The molecule has 4 heteroatoms. The van der Waals surface area contributed by atoms with Crippen LogP contribution in [0.5, 0.6) is 11.5 Å². The lowest BCUT2D eigenvalue weighted by atomic mass is 10.2. The highest BCUT2D eigenvalue weighted by molar-refractivity contribution is 6.31. The van der Waals surface area contributed by atoms with Crippen LogP contribution in [0.3, 0.4) is 0 Å². The van der Waals surface area contributed by atoms with E-state index >= 15 is 0 Å². The van der Waals surface area contributed by atoms with Gasteiger partial charge in [0.1, 0.15) is 11.5 Å². The summed E-state index contributed by atoms with van der Waals surface area (Å²) in [6.07, 6.45) is 0. The SMILES string of the molecule is CCOc1ccccc1NCc1c(O)cccc1Cl. The number of nitrogens with one attached hydrogen (secondary N) is 1. The van der Waals surface area contributed by atoms with Gasteiger partial charge in [0.15, 0.2) is 0 Å². The molecule has 0 unspecified atom stereocenters. The monoisotopic (exact) mass is 277 g/mol. The van der Waals surface area contributed by atoms with Crippen LogP contribution in [0.4, 0.5) is 5.69 Å². The predicted octanol–water partition coefficient (Wildman–Crippen LogP) is 4.06. The van der Waals surface area contributed by atoms with Crippen LogP contribution in [0, 0.1) is 0 Å². The van der Waals surface area contributed by atoms with Crippen molar-refractivity contribution in [1.82, 2.24) is 0 Å². The Morgan fingerprint density at radius 2 is 1.95 bits per heavy atom. The van der Waals surface area contributed by atoms with Crippen LogP contribution in [-0.4, -0.2) is 11.7 Å². The van der Waals surface area contributed by atoms with Crippen molar-refractivity contribution in [3.63, 3.8) is 0 Å². The second-order valence-electron chi connectivity index (χ2n) is 4.02. The first-order valence-corrected chi connectivity index (χ1v) is 6.52. The van der Waals surface area contributed by atoms with Crippen molar-refractivity contribution in [2.75, 3.05) is 11.9 Å². The van der Waals surface area contributed by atoms with Crippen LogP contribution >= 0.6 is 11.6 Å². The van der Waals surface area contributed by atoms with Gasteiger partial charge >= 0.3 is 0 Å². The molecule has 0 saturated heterocycles. The molecule has 0 bridgehead atoms. The zero-order valence-corrected chi connectivity index (χ0v) is 11.4. The third-order valence-corrected chi connectivity index (χ3v) is 3.09. The Hall–Kier alpha value is -1.87. The molecular formula is C15H16ClNO2. The molecule has 0 amide bonds. The Balaban J connectivity index is 2.15. The van der Waals surface area contributed by atoms with Gasteiger partial charge in [-0.1, -0.05) is 29.8 Å². The second-order valence-corrected chi connectivity index (χ2v) is 4.43. The Morgan fingerprint density at radius 1 is 1.16 bits per heavy atom. The van der Waals surface area contributed by atoms with Crippen LogP contribution < -0.4 is 10.1 Å². The minimum atomic E-state index is 0.189. The Morgan fingerprint density at radius 3 is 2.68 bits per heavy atom. The molecule has 2 aromatic carbocycles. The summed E-state index contributed by atoms with van der Waals surface area (Å²) in [6.45, 7) is 2.99. The quantitative estimate of drug-likeness (QED) is 0.866. The molecule has 0 atom stereocenters. The summed E-state index contributed by atoms with van der Waals surface area (Å²) in [7, 11) is 0. The number of benzene rings is 2. The van der Waals surface area contributed by atoms with Crippen molar-refractivity contribution in [2.45, 2.75) is 13.5 Å². The van der Waals surface area contributed by atoms with E-state index in [1.165, 1.54) is 0 Å². The zero-order valence-electron chi connectivity index (χ0n) is 10.7. The van der Waals surface area contributed by atoms with Gasteiger partial charge in [-0.15, -0.1) is 0 Å². The smallest absolute Gasteiger partial charge is 0.142 e. The standard InChI is InChI=1S/C15H16ClNO2/c1-2-19-15-9-4-3-7-13(15)17-10-11-12(16)6-5-8-14(11)18/h3-9,17-18H,2,10H2,1H3. The molecule has 0 aliphatic rings. The fourth-order valence-corrected chi connectivity index (χ4v) is 2.04. The first kappa shape index (κ1) is 13.6. The zero-order chi connectivity index (χ0) is 13.7. The molecule has 2 N–H and O–H groups in total. The number of phenols is 1. The highest BCUT2D eigenvalue weighted by atomic mass is 35.5. The van der Waals surface area contributed by atoms with Crippen LogP contribution in [0.25, 0.3) is 0 Å². The highest BCUT2D eigenvalue weighted by Crippen LogP contribution is 2.28. The number of hydrogen-bond acceptors (Lipinski definition) is 3. The first-order valence-electron chi connectivity index (χ1n) is 6.14. The maximum absolute atomic E-state index is 9.79. The average molecular weight is 278 g/mol. The number of phenolic OH excluding ortho intramolecular Hbond substituents is 1. The second kappa shape index (κ2) is 6.34. The maximum atomic E-state index is 9.79. The van der Waals surface area contributed by atoms with E-state index in [2.05, 4.69) is 5.32 Å². The van der Waals surface area contributed by atoms with Crippen molar-refractivity contribution in [1.29, 1.82) is 0 Å². The van der Waals surface area contributed by atoms with E-state index in [9.17, 15) is 5.11 Å². The lowest BCUT2D eigenvalue weighted by Crippen LogP contribution is -2.03. The van der Waals surface area contributed by atoms with Gasteiger partial charge in [0, 0.05) is 17.1 Å². The fourth-order valence-electron chi connectivity index (χ4n) is 1.80. The lowest BCUT2D eigenvalue weighted by molar-refractivity contribution is 0.341. The molecule has 0 aromatic heterocycles. The molecule has 0 heterocycles. The van der Waals surface area contributed by atoms with Crippen LogP contribution in [0.15, 0.2) is 42.5 Å². The summed E-state index contributed by atoms with van der Waals surface area (Å²) >= 11 is 6.07. The Kier molecular flexibility index (Phi) is 4.53. The summed E-state index contributed by atoms with van der Waals surface area (Å²) in [6, 6.07) is 12.8. The number of anilines is 1. The number of ether oxygens (including phenoxy) is 1. The third kappa shape index (κ3) is 3.32. The molecule has 0 saturated carbocycles. The van der Waals surface area contributed by atoms with Crippen LogP contribution in [0.1, 0.15) is 12.5 Å². The number of halogens is 1. The number of para-hydroxylation sites is 2. The van der Waals surface area contributed by atoms with Crippen molar-refractivity contribution in [3.05, 3.63) is 53.1 Å². The van der Waals surface area contributed by atoms with E-state index in [1.807, 2.05) is 31.2 Å². The molecular weight excluding hydrogens is 262 g/mol. The van der Waals surface area contributed by atoms with Gasteiger partial charge < -0.3 is 15.2 Å². The molecule has 0 radical (unpaired) electrons. The largest absolute Gasteiger partial charge is 0.508 e. The van der Waals surface area contributed by atoms with E-state index < -0.39 is 0 Å². The van der Waals surface area contributed by atoms with Crippen molar-refractivity contribution in [2.24, 2.45) is 0 Å². The molecule has 3 nitrogen and oxygen atoms in total. The molecule has 100 valence electrons. The fraction of sp³-hybridized carbons (Fsp3) is 0.200. The number of rotatable bonds is 5. The highest BCUT2D eigenvalue weighted by Gasteiger charge is 2.07. The van der Waals surface area contributed by atoms with Crippen molar-refractivity contribution < 1.29 is 9.84 Å². The third-order valence-electron chi connectivity index (χ3n) is 2.74. The van der Waals surface area contributed by atoms with Crippen LogP contribution in [-0.2, 0) is 6.54 Å². The van der Waals surface area contributed by atoms with Gasteiger partial charge in [0.2, 0.25) is 0 Å². The molecule has 0 aliphatic heterocycles. The number of hydrogen-bond donors (Lipinski definition) is 2. The summed E-state index contributed by atoms with van der Waals surface area (Å²) in [5.74, 6) is 0.977. The van der Waals surface area contributed by atoms with Gasteiger partial charge in [-0.3, -0.25) is 0 Å². The summed E-state index contributed by atoms with van der Waals surface area (Å²) in [5.41, 5.74) is 1.55. The minimum Gasteiger partial charge on any atom is -0.508 e. The van der Waals surface area contributed by atoms with E-state index in [0.717, 1.165) is 11.4 Å². The average Bonchev–Trinajstić information content (AvgIpc) is 2.40. The van der Waals surface area contributed by atoms with E-state index in [-0.39, 0.29) is 5.75 Å². The molecule has 0 fully saturated rings. The van der Waals surface area contributed by atoms with Gasteiger partial charge in [-0.2, -0.15) is 0 Å². The Bertz CT molecular complexity index is 537. The van der Waals surface area contributed by atoms with Gasteiger partial charge in [-0.05, 0) is 31.2 Å². The van der Waals surface area contributed by atoms with Gasteiger partial charge in [-0.25, -0.2) is 0 Å². The predicted molar refractivity (Wildman–Crippen MR) is 78.1 cm³/mol. The minimum absolute atomic E-state index is 0.189. The normalized spacial score (nSPS) is 10.2. The van der Waals surface area contributed by atoms with E-state index in [4.69, 9.17) is 16.3 Å². The van der Waals surface area contributed by atoms with Crippen LogP contribution in [0.2, 0.25) is 5.02 Å². The summed E-state index contributed by atoms with van der Waals surface area (Å²) < 4.78 is 5.53. The van der Waals surface area contributed by atoms with Crippen molar-refractivity contribution >= 4 is 17.3 Å². The van der Waals surface area contributed by atoms with E-state index in [1.54, 1.807) is 18.2 Å².